The molecule has 0 bridgehead atoms. The molecule has 11 heteroatoms. The van der Waals surface area contributed by atoms with Crippen LogP contribution < -0.4 is 10.4 Å². The van der Waals surface area contributed by atoms with Crippen LogP contribution in [0.5, 0.6) is 0 Å². The Bertz CT molecular complexity index is 1770. The van der Waals surface area contributed by atoms with Gasteiger partial charge in [-0.2, -0.15) is 17.9 Å². The Kier molecular flexibility index (Phi) is 9.90. The molecule has 0 saturated carbocycles. The highest BCUT2D eigenvalue weighted by atomic mass is 32.2. The molecule has 0 aliphatic rings. The second-order valence-electron chi connectivity index (χ2n) is 11.9. The van der Waals surface area contributed by atoms with Crippen LogP contribution in [-0.2, 0) is 35.6 Å². The first kappa shape index (κ1) is 33.2. The van der Waals surface area contributed by atoms with E-state index in [0.717, 1.165) is 41.1 Å². The van der Waals surface area contributed by atoms with Crippen LogP contribution in [-0.4, -0.2) is 28.3 Å². The van der Waals surface area contributed by atoms with Gasteiger partial charge in [-0.25, -0.2) is 17.9 Å². The van der Waals surface area contributed by atoms with E-state index in [-0.39, 0.29) is 17.1 Å². The zero-order chi connectivity index (χ0) is 32.3. The maximum Gasteiger partial charge on any atom is 0.418 e. The van der Waals surface area contributed by atoms with E-state index in [1.807, 2.05) is 19.1 Å². The number of nitrogens with zero attached hydrogens (tertiary/aromatic N) is 3. The topological polar surface area (TPSA) is 86.0 Å². The number of rotatable bonds is 11. The van der Waals surface area contributed by atoms with E-state index in [4.69, 9.17) is 0 Å². The Morgan fingerprint density at radius 3 is 2.14 bits per heavy atom. The van der Waals surface area contributed by atoms with Crippen molar-refractivity contribution in [2.24, 2.45) is 0 Å². The third kappa shape index (κ3) is 7.68. The molecule has 0 saturated heterocycles. The monoisotopic (exact) mass is 628 g/mol. The van der Waals surface area contributed by atoms with Gasteiger partial charge in [-0.3, -0.25) is 4.57 Å². The summed E-state index contributed by atoms with van der Waals surface area (Å²) in [5.41, 5.74) is 0.406. The standard InChI is InChI=1S/C33H39F3N4O3S/c1-6-8-14-30-37-40(28-13-10-9-12-27(28)33(34,35)36)31(41)39(30)22-24-15-18-25(19-16-24)26-21-23(11-7-2)17-20-29(26)44(42,43)38-32(3,4)5/h9-10,12-13,15-21,38H,6-8,11,14,22H2,1-5H3. The van der Waals surface area contributed by atoms with Crippen LogP contribution in [0.2, 0.25) is 0 Å². The van der Waals surface area contributed by atoms with E-state index in [9.17, 15) is 26.4 Å². The summed E-state index contributed by atoms with van der Waals surface area (Å²) in [5.74, 6) is 0.395. The molecule has 1 heterocycles. The summed E-state index contributed by atoms with van der Waals surface area (Å²) in [6, 6.07) is 17.5. The zero-order valence-electron chi connectivity index (χ0n) is 25.7. The molecule has 4 aromatic rings. The molecule has 1 N–H and O–H groups in total. The summed E-state index contributed by atoms with van der Waals surface area (Å²) in [7, 11) is -3.83. The third-order valence-electron chi connectivity index (χ3n) is 7.05. The molecule has 0 fully saturated rings. The number of alkyl halides is 3. The van der Waals surface area contributed by atoms with Crippen LogP contribution in [0.3, 0.4) is 0 Å². The zero-order valence-corrected chi connectivity index (χ0v) is 26.5. The van der Waals surface area contributed by atoms with Gasteiger partial charge in [-0.05, 0) is 74.6 Å². The molecule has 0 aliphatic heterocycles. The molecule has 3 aromatic carbocycles. The normalized spacial score (nSPS) is 12.5. The van der Waals surface area contributed by atoms with Crippen LogP contribution in [0, 0.1) is 0 Å². The summed E-state index contributed by atoms with van der Waals surface area (Å²) >= 11 is 0. The summed E-state index contributed by atoms with van der Waals surface area (Å²) < 4.78 is 73.0. The van der Waals surface area contributed by atoms with E-state index in [0.29, 0.717) is 29.8 Å². The fourth-order valence-corrected chi connectivity index (χ4v) is 6.71. The van der Waals surface area contributed by atoms with Crippen molar-refractivity contribution in [3.63, 3.8) is 0 Å². The molecule has 7 nitrogen and oxygen atoms in total. The first-order valence-corrected chi connectivity index (χ1v) is 16.2. The maximum atomic E-state index is 13.8. The van der Waals surface area contributed by atoms with Gasteiger partial charge >= 0.3 is 11.9 Å². The van der Waals surface area contributed by atoms with Gasteiger partial charge in [-0.1, -0.05) is 69.2 Å². The number of benzene rings is 3. The van der Waals surface area contributed by atoms with Gasteiger partial charge in [0.15, 0.2) is 0 Å². The predicted octanol–water partition coefficient (Wildman–Crippen LogP) is 7.14. The van der Waals surface area contributed by atoms with Crippen molar-refractivity contribution < 1.29 is 21.6 Å². The van der Waals surface area contributed by atoms with Crippen molar-refractivity contribution in [1.29, 1.82) is 0 Å². The lowest BCUT2D eigenvalue weighted by Gasteiger charge is -2.22. The first-order chi connectivity index (χ1) is 20.6. The molecule has 0 aliphatic carbocycles. The second kappa shape index (κ2) is 13.1. The van der Waals surface area contributed by atoms with E-state index in [2.05, 4.69) is 16.7 Å². The minimum absolute atomic E-state index is 0.0962. The summed E-state index contributed by atoms with van der Waals surface area (Å²) in [4.78, 5) is 13.7. The number of nitrogens with one attached hydrogen (secondary N) is 1. The number of para-hydroxylation sites is 1. The molecule has 1 aromatic heterocycles. The molecule has 0 radical (unpaired) electrons. The number of halogens is 3. The van der Waals surface area contributed by atoms with Gasteiger partial charge in [0.1, 0.15) is 5.82 Å². The van der Waals surface area contributed by atoms with Crippen molar-refractivity contribution in [3.8, 4) is 16.8 Å². The minimum Gasteiger partial charge on any atom is -0.274 e. The highest BCUT2D eigenvalue weighted by Gasteiger charge is 2.35. The number of unbranched alkanes of at least 4 members (excludes halogenated alkanes) is 1. The average Bonchev–Trinajstić information content (AvgIpc) is 3.25. The smallest absolute Gasteiger partial charge is 0.274 e. The Hall–Kier alpha value is -3.70. The fourth-order valence-electron chi connectivity index (χ4n) is 5.08. The minimum atomic E-state index is -4.65. The molecular weight excluding hydrogens is 589 g/mol. The van der Waals surface area contributed by atoms with Crippen LogP contribution in [0.15, 0.2) is 76.4 Å². The lowest BCUT2D eigenvalue weighted by molar-refractivity contribution is -0.137. The van der Waals surface area contributed by atoms with E-state index in [1.165, 1.54) is 22.8 Å². The number of aromatic nitrogens is 3. The van der Waals surface area contributed by atoms with Crippen LogP contribution >= 0.6 is 0 Å². The molecule has 0 amide bonds. The Morgan fingerprint density at radius 1 is 0.864 bits per heavy atom. The highest BCUT2D eigenvalue weighted by Crippen LogP contribution is 2.33. The summed E-state index contributed by atoms with van der Waals surface area (Å²) in [5, 5.41) is 4.34. The number of sulfonamides is 1. The largest absolute Gasteiger partial charge is 0.418 e. The molecule has 44 heavy (non-hydrogen) atoms. The number of aryl methyl sites for hydroxylation is 2. The van der Waals surface area contributed by atoms with Crippen LogP contribution in [0.25, 0.3) is 16.8 Å². The predicted molar refractivity (Wildman–Crippen MR) is 166 cm³/mol. The van der Waals surface area contributed by atoms with Crippen LogP contribution in [0.1, 0.15) is 76.4 Å². The van der Waals surface area contributed by atoms with Crippen molar-refractivity contribution in [1.82, 2.24) is 19.1 Å². The Balaban J connectivity index is 1.75. The quantitative estimate of drug-likeness (QED) is 0.191. The SMILES string of the molecule is CCCCc1nn(-c2ccccc2C(F)(F)F)c(=O)n1Cc1ccc(-c2cc(CCC)ccc2S(=O)(=O)NC(C)(C)C)cc1. The van der Waals surface area contributed by atoms with E-state index >= 15 is 0 Å². The van der Waals surface area contributed by atoms with Gasteiger partial charge in [-0.15, -0.1) is 5.10 Å². The van der Waals surface area contributed by atoms with E-state index < -0.39 is 33.0 Å². The summed E-state index contributed by atoms with van der Waals surface area (Å²) in [6.45, 7) is 9.49. The van der Waals surface area contributed by atoms with Gasteiger partial charge in [0.05, 0.1) is 22.7 Å². The van der Waals surface area contributed by atoms with Crippen molar-refractivity contribution in [2.75, 3.05) is 0 Å². The molecule has 236 valence electrons. The van der Waals surface area contributed by atoms with Gasteiger partial charge < -0.3 is 0 Å². The molecule has 4 rings (SSSR count). The number of hydrogen-bond donors (Lipinski definition) is 1. The van der Waals surface area contributed by atoms with Crippen LogP contribution in [0.4, 0.5) is 13.2 Å². The molecular formula is C33H39F3N4O3S. The lowest BCUT2D eigenvalue weighted by atomic mass is 10.00. The molecule has 0 atom stereocenters. The molecule has 0 spiro atoms. The maximum absolute atomic E-state index is 13.8. The first-order valence-electron chi connectivity index (χ1n) is 14.8. The lowest BCUT2D eigenvalue weighted by Crippen LogP contribution is -2.40. The Labute approximate surface area is 256 Å². The molecule has 0 unspecified atom stereocenters. The van der Waals surface area contributed by atoms with Gasteiger partial charge in [0, 0.05) is 17.5 Å². The van der Waals surface area contributed by atoms with Crippen molar-refractivity contribution >= 4 is 10.0 Å². The highest BCUT2D eigenvalue weighted by molar-refractivity contribution is 7.89. The average molecular weight is 629 g/mol. The van der Waals surface area contributed by atoms with Gasteiger partial charge in [0.2, 0.25) is 10.0 Å². The third-order valence-corrected chi connectivity index (χ3v) is 8.87. The Morgan fingerprint density at radius 2 is 1.52 bits per heavy atom. The number of hydrogen-bond acceptors (Lipinski definition) is 4. The fraction of sp³-hybridized carbons (Fsp3) is 0.394. The van der Waals surface area contributed by atoms with Crippen molar-refractivity contribution in [2.45, 2.75) is 89.9 Å². The van der Waals surface area contributed by atoms with Gasteiger partial charge in [0.25, 0.3) is 0 Å². The second-order valence-corrected chi connectivity index (χ2v) is 13.6. The summed E-state index contributed by atoms with van der Waals surface area (Å²) in [6.07, 6.45) is -0.991. The van der Waals surface area contributed by atoms with Crippen molar-refractivity contribution in [3.05, 3.63) is 99.7 Å². The van der Waals surface area contributed by atoms with E-state index in [1.54, 1.807) is 51.1 Å².